The number of ether oxygens (including phenoxy) is 1. The fraction of sp³-hybridized carbons (Fsp3) is 0.273. The van der Waals surface area contributed by atoms with Crippen molar-refractivity contribution in [3.8, 4) is 5.75 Å². The molecule has 2 heterocycles. The Hall–Kier alpha value is -2.97. The predicted molar refractivity (Wildman–Crippen MR) is 112 cm³/mol. The van der Waals surface area contributed by atoms with Crippen LogP contribution < -0.4 is 4.74 Å². The molecule has 0 unspecified atom stereocenters. The molecule has 162 valence electrons. The standard InChI is InChI=1S/C22H21ClF2N4O2/c23-19-2-1-3-20(25)18(19)14-27-10-12-28(13-11-27)22(30)21-8-9-29(26-21)15-31-17-6-4-16(24)5-7-17/h1-9H,10-15H2. The van der Waals surface area contributed by atoms with Crippen molar-refractivity contribution in [3.63, 3.8) is 0 Å². The molecule has 0 N–H and O–H groups in total. The maximum absolute atomic E-state index is 14.0. The summed E-state index contributed by atoms with van der Waals surface area (Å²) in [5.74, 6) is -0.309. The van der Waals surface area contributed by atoms with Gasteiger partial charge in [0.2, 0.25) is 0 Å². The minimum Gasteiger partial charge on any atom is -0.471 e. The second-order valence-corrected chi connectivity index (χ2v) is 7.64. The van der Waals surface area contributed by atoms with E-state index in [2.05, 4.69) is 10.00 Å². The van der Waals surface area contributed by atoms with Crippen molar-refractivity contribution < 1.29 is 18.3 Å². The van der Waals surface area contributed by atoms with Gasteiger partial charge in [0.05, 0.1) is 0 Å². The molecular weight excluding hydrogens is 426 g/mol. The van der Waals surface area contributed by atoms with Crippen LogP contribution in [0.5, 0.6) is 5.75 Å². The molecule has 2 aromatic carbocycles. The van der Waals surface area contributed by atoms with E-state index < -0.39 is 0 Å². The summed E-state index contributed by atoms with van der Waals surface area (Å²) in [4.78, 5) is 16.6. The Kier molecular flexibility index (Phi) is 6.48. The smallest absolute Gasteiger partial charge is 0.274 e. The minimum atomic E-state index is -0.337. The van der Waals surface area contributed by atoms with E-state index in [-0.39, 0.29) is 24.3 Å². The molecule has 0 aliphatic carbocycles. The summed E-state index contributed by atoms with van der Waals surface area (Å²) in [6, 6.07) is 12.0. The summed E-state index contributed by atoms with van der Waals surface area (Å²) in [6.07, 6.45) is 1.66. The van der Waals surface area contributed by atoms with Gasteiger partial charge in [-0.2, -0.15) is 5.10 Å². The van der Waals surface area contributed by atoms with Crippen LogP contribution in [0.1, 0.15) is 16.1 Å². The first kappa shape index (κ1) is 21.3. The third-order valence-electron chi connectivity index (χ3n) is 5.14. The van der Waals surface area contributed by atoms with Crippen molar-refractivity contribution in [2.24, 2.45) is 0 Å². The van der Waals surface area contributed by atoms with Gasteiger partial charge in [-0.1, -0.05) is 17.7 Å². The molecule has 4 rings (SSSR count). The maximum atomic E-state index is 14.0. The summed E-state index contributed by atoms with van der Waals surface area (Å²) < 4.78 is 34.0. The number of hydrogen-bond donors (Lipinski definition) is 0. The Morgan fingerprint density at radius 3 is 2.48 bits per heavy atom. The van der Waals surface area contributed by atoms with E-state index in [0.717, 1.165) is 0 Å². The molecule has 3 aromatic rings. The first-order valence-corrected chi connectivity index (χ1v) is 10.2. The van der Waals surface area contributed by atoms with Crippen LogP contribution in [-0.2, 0) is 13.3 Å². The second kappa shape index (κ2) is 9.45. The molecule has 0 radical (unpaired) electrons. The first-order chi connectivity index (χ1) is 15.0. The summed E-state index contributed by atoms with van der Waals surface area (Å²) in [7, 11) is 0. The van der Waals surface area contributed by atoms with Crippen LogP contribution in [0, 0.1) is 11.6 Å². The lowest BCUT2D eigenvalue weighted by molar-refractivity contribution is 0.0619. The van der Waals surface area contributed by atoms with Gasteiger partial charge in [-0.3, -0.25) is 9.69 Å². The monoisotopic (exact) mass is 446 g/mol. The molecule has 1 saturated heterocycles. The lowest BCUT2D eigenvalue weighted by Crippen LogP contribution is -2.48. The number of aromatic nitrogens is 2. The summed E-state index contributed by atoms with van der Waals surface area (Å²) in [5.41, 5.74) is 0.803. The van der Waals surface area contributed by atoms with E-state index in [4.69, 9.17) is 16.3 Å². The normalized spacial score (nSPS) is 14.6. The highest BCUT2D eigenvalue weighted by molar-refractivity contribution is 6.31. The molecule has 0 saturated carbocycles. The molecule has 1 amide bonds. The van der Waals surface area contributed by atoms with E-state index in [1.807, 2.05) is 0 Å². The molecule has 9 heteroatoms. The van der Waals surface area contributed by atoms with E-state index in [0.29, 0.717) is 54.8 Å². The molecule has 31 heavy (non-hydrogen) atoms. The van der Waals surface area contributed by atoms with Crippen LogP contribution in [0.15, 0.2) is 54.7 Å². The molecular formula is C22H21ClF2N4O2. The maximum Gasteiger partial charge on any atom is 0.274 e. The van der Waals surface area contributed by atoms with Crippen molar-refractivity contribution in [1.29, 1.82) is 0 Å². The third-order valence-corrected chi connectivity index (χ3v) is 5.49. The SMILES string of the molecule is O=C(c1ccn(COc2ccc(F)cc2)n1)N1CCN(Cc2c(F)cccc2Cl)CC1. The zero-order chi connectivity index (χ0) is 21.8. The van der Waals surface area contributed by atoms with Crippen LogP contribution in [0.3, 0.4) is 0 Å². The number of carbonyl (C=O) groups is 1. The molecule has 1 aliphatic heterocycles. The average Bonchev–Trinajstić information content (AvgIpc) is 3.25. The first-order valence-electron chi connectivity index (χ1n) is 9.86. The zero-order valence-corrected chi connectivity index (χ0v) is 17.4. The van der Waals surface area contributed by atoms with Crippen LogP contribution in [-0.4, -0.2) is 51.7 Å². The molecule has 1 aromatic heterocycles. The quantitative estimate of drug-likeness (QED) is 0.578. The van der Waals surface area contributed by atoms with Gasteiger partial charge in [0.1, 0.15) is 17.4 Å². The number of piperazine rings is 1. The topological polar surface area (TPSA) is 50.6 Å². The Balaban J connectivity index is 1.29. The Morgan fingerprint density at radius 1 is 1.03 bits per heavy atom. The fourth-order valence-corrected chi connectivity index (χ4v) is 3.62. The lowest BCUT2D eigenvalue weighted by Gasteiger charge is -2.34. The van der Waals surface area contributed by atoms with Gasteiger partial charge in [-0.15, -0.1) is 0 Å². The number of benzene rings is 2. The lowest BCUT2D eigenvalue weighted by atomic mass is 10.1. The number of nitrogens with zero attached hydrogens (tertiary/aromatic N) is 4. The van der Waals surface area contributed by atoms with Crippen molar-refractivity contribution in [3.05, 3.63) is 82.6 Å². The van der Waals surface area contributed by atoms with E-state index in [9.17, 15) is 13.6 Å². The molecule has 1 aliphatic rings. The van der Waals surface area contributed by atoms with Gasteiger partial charge < -0.3 is 9.64 Å². The highest BCUT2D eigenvalue weighted by atomic mass is 35.5. The van der Waals surface area contributed by atoms with E-state index >= 15 is 0 Å². The van der Waals surface area contributed by atoms with Gasteiger partial charge in [-0.25, -0.2) is 13.5 Å². The number of carbonyl (C=O) groups excluding carboxylic acids is 1. The largest absolute Gasteiger partial charge is 0.471 e. The van der Waals surface area contributed by atoms with E-state index in [1.54, 1.807) is 29.3 Å². The van der Waals surface area contributed by atoms with Crippen LogP contribution in [0.25, 0.3) is 0 Å². The van der Waals surface area contributed by atoms with Gasteiger partial charge in [0, 0.05) is 49.5 Å². The van der Waals surface area contributed by atoms with Crippen molar-refractivity contribution >= 4 is 17.5 Å². The number of rotatable bonds is 6. The summed E-state index contributed by atoms with van der Waals surface area (Å²) >= 11 is 6.11. The van der Waals surface area contributed by atoms with Crippen LogP contribution >= 0.6 is 11.6 Å². The highest BCUT2D eigenvalue weighted by Crippen LogP contribution is 2.21. The van der Waals surface area contributed by atoms with Crippen LogP contribution in [0.2, 0.25) is 5.02 Å². The molecule has 6 nitrogen and oxygen atoms in total. The number of hydrogen-bond acceptors (Lipinski definition) is 4. The van der Waals surface area contributed by atoms with Crippen molar-refractivity contribution in [2.75, 3.05) is 26.2 Å². The second-order valence-electron chi connectivity index (χ2n) is 7.24. The Morgan fingerprint density at radius 2 is 1.77 bits per heavy atom. The third kappa shape index (κ3) is 5.21. The van der Waals surface area contributed by atoms with Crippen molar-refractivity contribution in [1.82, 2.24) is 19.6 Å². The Bertz CT molecular complexity index is 1030. The van der Waals surface area contributed by atoms with Gasteiger partial charge in [-0.05, 0) is 42.5 Å². The Labute approximate surface area is 183 Å². The summed E-state index contributed by atoms with van der Waals surface area (Å²) in [5, 5.41) is 4.68. The zero-order valence-electron chi connectivity index (χ0n) is 16.7. The van der Waals surface area contributed by atoms with Crippen molar-refractivity contribution in [2.45, 2.75) is 13.3 Å². The van der Waals surface area contributed by atoms with Gasteiger partial charge >= 0.3 is 0 Å². The fourth-order valence-electron chi connectivity index (χ4n) is 3.40. The predicted octanol–water partition coefficient (Wildman–Crippen LogP) is 3.81. The molecule has 0 atom stereocenters. The minimum absolute atomic E-state index is 0.107. The number of amides is 1. The van der Waals surface area contributed by atoms with Gasteiger partial charge in [0.15, 0.2) is 12.4 Å². The molecule has 0 spiro atoms. The molecule has 0 bridgehead atoms. The van der Waals surface area contributed by atoms with Crippen LogP contribution in [0.4, 0.5) is 8.78 Å². The van der Waals surface area contributed by atoms with Gasteiger partial charge in [0.25, 0.3) is 5.91 Å². The summed E-state index contributed by atoms with van der Waals surface area (Å²) in [6.45, 7) is 2.78. The number of halogens is 3. The average molecular weight is 447 g/mol. The van der Waals surface area contributed by atoms with E-state index in [1.165, 1.54) is 35.0 Å². The highest BCUT2D eigenvalue weighted by Gasteiger charge is 2.24. The molecule has 1 fully saturated rings.